The molecule has 3 aromatic carbocycles. The summed E-state index contributed by atoms with van der Waals surface area (Å²) in [6.45, 7) is 0. The number of hydrogen-bond donors (Lipinski definition) is 0. The molecular formula is C19H13FN2O2. The van der Waals surface area contributed by atoms with E-state index in [1.54, 1.807) is 25.3 Å². The minimum atomic E-state index is -0.405. The molecule has 1 heterocycles. The normalized spacial score (nSPS) is 10.9. The van der Waals surface area contributed by atoms with E-state index in [9.17, 15) is 4.39 Å². The molecule has 0 bridgehead atoms. The van der Waals surface area contributed by atoms with Crippen LogP contribution in [0.3, 0.4) is 0 Å². The molecule has 4 aromatic rings. The summed E-state index contributed by atoms with van der Waals surface area (Å²) in [5.74, 6) is 0.648. The molecule has 4 rings (SSSR count). The van der Waals surface area contributed by atoms with Crippen LogP contribution < -0.4 is 4.74 Å². The van der Waals surface area contributed by atoms with Crippen LogP contribution >= 0.6 is 0 Å². The van der Waals surface area contributed by atoms with E-state index in [1.807, 2.05) is 36.4 Å². The number of methoxy groups -OCH3 is 1. The van der Waals surface area contributed by atoms with Gasteiger partial charge >= 0.3 is 0 Å². The Morgan fingerprint density at radius 1 is 0.875 bits per heavy atom. The molecule has 0 aliphatic heterocycles. The predicted octanol–water partition coefficient (Wildman–Crippen LogP) is 4.70. The van der Waals surface area contributed by atoms with Gasteiger partial charge < -0.3 is 9.15 Å². The fraction of sp³-hybridized carbons (Fsp3) is 0.0526. The Morgan fingerprint density at radius 3 is 2.46 bits per heavy atom. The fourth-order valence-electron chi connectivity index (χ4n) is 2.71. The zero-order valence-electron chi connectivity index (χ0n) is 12.9. The van der Waals surface area contributed by atoms with Crippen molar-refractivity contribution in [2.45, 2.75) is 0 Å². The molecule has 1 aromatic heterocycles. The number of aromatic nitrogens is 2. The van der Waals surface area contributed by atoms with Crippen LogP contribution in [-0.4, -0.2) is 17.3 Å². The van der Waals surface area contributed by atoms with Gasteiger partial charge in [0.25, 0.3) is 11.8 Å². The van der Waals surface area contributed by atoms with Crippen molar-refractivity contribution in [1.29, 1.82) is 0 Å². The fourth-order valence-corrected chi connectivity index (χ4v) is 2.71. The minimum Gasteiger partial charge on any atom is -0.496 e. The van der Waals surface area contributed by atoms with E-state index in [-0.39, 0.29) is 11.5 Å². The Hall–Kier alpha value is -3.21. The van der Waals surface area contributed by atoms with Gasteiger partial charge in [-0.05, 0) is 29.0 Å². The Morgan fingerprint density at radius 2 is 1.62 bits per heavy atom. The maximum atomic E-state index is 13.9. The summed E-state index contributed by atoms with van der Waals surface area (Å²) >= 11 is 0. The average Bonchev–Trinajstić information content (AvgIpc) is 3.10. The van der Waals surface area contributed by atoms with E-state index in [0.717, 1.165) is 10.8 Å². The largest absolute Gasteiger partial charge is 0.496 e. The molecule has 5 heteroatoms. The second-order valence-electron chi connectivity index (χ2n) is 5.26. The third-order valence-corrected chi connectivity index (χ3v) is 3.85. The van der Waals surface area contributed by atoms with Crippen LogP contribution in [0.1, 0.15) is 0 Å². The van der Waals surface area contributed by atoms with Crippen LogP contribution in [0, 0.1) is 5.82 Å². The van der Waals surface area contributed by atoms with Crippen molar-refractivity contribution in [2.24, 2.45) is 0 Å². The molecule has 0 N–H and O–H groups in total. The summed E-state index contributed by atoms with van der Waals surface area (Å²) < 4.78 is 25.1. The number of rotatable bonds is 3. The van der Waals surface area contributed by atoms with Gasteiger partial charge in [0.1, 0.15) is 11.6 Å². The van der Waals surface area contributed by atoms with Crippen molar-refractivity contribution in [3.63, 3.8) is 0 Å². The highest BCUT2D eigenvalue weighted by Crippen LogP contribution is 2.37. The highest BCUT2D eigenvalue weighted by Gasteiger charge is 2.19. The second-order valence-corrected chi connectivity index (χ2v) is 5.26. The Labute approximate surface area is 137 Å². The lowest BCUT2D eigenvalue weighted by atomic mass is 10.0. The molecule has 0 saturated heterocycles. The topological polar surface area (TPSA) is 48.2 Å². The third-order valence-electron chi connectivity index (χ3n) is 3.85. The van der Waals surface area contributed by atoms with Gasteiger partial charge in [0.15, 0.2) is 0 Å². The molecule has 0 fully saturated rings. The molecule has 4 nitrogen and oxygen atoms in total. The van der Waals surface area contributed by atoms with Crippen LogP contribution in [0.15, 0.2) is 65.1 Å². The number of ether oxygens (including phenoxy) is 1. The van der Waals surface area contributed by atoms with E-state index < -0.39 is 5.82 Å². The molecule has 118 valence electrons. The first-order chi connectivity index (χ1) is 11.8. The number of hydrogen-bond acceptors (Lipinski definition) is 4. The van der Waals surface area contributed by atoms with Gasteiger partial charge in [-0.25, -0.2) is 4.39 Å². The van der Waals surface area contributed by atoms with Gasteiger partial charge in [-0.3, -0.25) is 0 Å². The molecule has 0 atom stereocenters. The molecule has 0 aliphatic carbocycles. The van der Waals surface area contributed by atoms with Crippen LogP contribution in [0.25, 0.3) is 33.7 Å². The maximum absolute atomic E-state index is 13.9. The molecule has 0 radical (unpaired) electrons. The van der Waals surface area contributed by atoms with Gasteiger partial charge in [0, 0.05) is 0 Å². The van der Waals surface area contributed by atoms with E-state index in [2.05, 4.69) is 10.2 Å². The highest BCUT2D eigenvalue weighted by atomic mass is 19.1. The van der Waals surface area contributed by atoms with Crippen molar-refractivity contribution in [3.05, 3.63) is 66.5 Å². The number of benzene rings is 3. The van der Waals surface area contributed by atoms with Crippen molar-refractivity contribution in [3.8, 4) is 28.7 Å². The molecule has 0 spiro atoms. The van der Waals surface area contributed by atoms with Crippen LogP contribution in [0.2, 0.25) is 0 Å². The lowest BCUT2D eigenvalue weighted by Gasteiger charge is -2.08. The summed E-state index contributed by atoms with van der Waals surface area (Å²) in [5, 5.41) is 10.1. The van der Waals surface area contributed by atoms with Gasteiger partial charge in [-0.2, -0.15) is 0 Å². The standard InChI is InChI=1S/C19H13FN2O2/c1-23-16-11-10-12-6-2-3-7-13(12)17(16)19-22-21-18(24-19)14-8-4-5-9-15(14)20/h2-11H,1H3. The van der Waals surface area contributed by atoms with E-state index >= 15 is 0 Å². The van der Waals surface area contributed by atoms with Crippen molar-refractivity contribution < 1.29 is 13.5 Å². The number of fused-ring (bicyclic) bond motifs is 1. The van der Waals surface area contributed by atoms with E-state index in [0.29, 0.717) is 17.2 Å². The Kier molecular flexibility index (Phi) is 3.46. The molecular weight excluding hydrogens is 307 g/mol. The SMILES string of the molecule is COc1ccc2ccccc2c1-c1nnc(-c2ccccc2F)o1. The molecule has 0 aliphatic rings. The van der Waals surface area contributed by atoms with Crippen LogP contribution in [0.4, 0.5) is 4.39 Å². The monoisotopic (exact) mass is 320 g/mol. The predicted molar refractivity (Wildman–Crippen MR) is 89.2 cm³/mol. The first-order valence-corrected chi connectivity index (χ1v) is 7.42. The summed E-state index contributed by atoms with van der Waals surface area (Å²) in [6, 6.07) is 18.0. The Bertz CT molecular complexity index is 1030. The lowest BCUT2D eigenvalue weighted by molar-refractivity contribution is 0.415. The van der Waals surface area contributed by atoms with Gasteiger partial charge in [0.05, 0.1) is 18.2 Å². The zero-order valence-corrected chi connectivity index (χ0v) is 12.9. The quantitative estimate of drug-likeness (QED) is 0.549. The Balaban J connectivity index is 1.92. The van der Waals surface area contributed by atoms with Crippen molar-refractivity contribution in [2.75, 3.05) is 7.11 Å². The second kappa shape index (κ2) is 5.77. The average molecular weight is 320 g/mol. The third kappa shape index (κ3) is 2.31. The van der Waals surface area contributed by atoms with Gasteiger partial charge in [-0.15, -0.1) is 10.2 Å². The first kappa shape index (κ1) is 14.4. The van der Waals surface area contributed by atoms with E-state index in [4.69, 9.17) is 9.15 Å². The lowest BCUT2D eigenvalue weighted by Crippen LogP contribution is -1.90. The smallest absolute Gasteiger partial charge is 0.252 e. The van der Waals surface area contributed by atoms with Crippen LogP contribution in [-0.2, 0) is 0 Å². The zero-order chi connectivity index (χ0) is 16.5. The first-order valence-electron chi connectivity index (χ1n) is 7.42. The molecule has 0 unspecified atom stereocenters. The summed E-state index contributed by atoms with van der Waals surface area (Å²) in [7, 11) is 1.59. The minimum absolute atomic E-state index is 0.137. The summed E-state index contributed by atoms with van der Waals surface area (Å²) in [4.78, 5) is 0. The van der Waals surface area contributed by atoms with Gasteiger partial charge in [-0.1, -0.05) is 42.5 Å². The van der Waals surface area contributed by atoms with E-state index in [1.165, 1.54) is 6.07 Å². The molecule has 0 saturated carbocycles. The van der Waals surface area contributed by atoms with Crippen molar-refractivity contribution >= 4 is 10.8 Å². The number of halogens is 1. The summed E-state index contributed by atoms with van der Waals surface area (Å²) in [6.07, 6.45) is 0. The van der Waals surface area contributed by atoms with Crippen LogP contribution in [0.5, 0.6) is 5.75 Å². The number of nitrogens with zero attached hydrogens (tertiary/aromatic N) is 2. The molecule has 24 heavy (non-hydrogen) atoms. The maximum Gasteiger partial charge on any atom is 0.252 e. The van der Waals surface area contributed by atoms with Crippen molar-refractivity contribution in [1.82, 2.24) is 10.2 Å². The molecule has 0 amide bonds. The summed E-state index contributed by atoms with van der Waals surface area (Å²) in [5.41, 5.74) is 0.973. The van der Waals surface area contributed by atoms with Gasteiger partial charge in [0.2, 0.25) is 0 Å². The highest BCUT2D eigenvalue weighted by molar-refractivity contribution is 5.97.